The molecule has 26 heavy (non-hydrogen) atoms. The molecule has 1 aliphatic heterocycles. The van der Waals surface area contributed by atoms with Crippen LogP contribution in [0, 0.1) is 0 Å². The van der Waals surface area contributed by atoms with Crippen LogP contribution < -0.4 is 5.32 Å². The summed E-state index contributed by atoms with van der Waals surface area (Å²) < 4.78 is 4.87. The van der Waals surface area contributed by atoms with Crippen molar-refractivity contribution in [3.8, 4) is 0 Å². The smallest absolute Gasteiger partial charge is 0.411 e. The fourth-order valence-electron chi connectivity index (χ4n) is 2.93. The number of ether oxygens (including phenoxy) is 1. The number of benzene rings is 1. The average molecular weight is 373 g/mol. The maximum absolute atomic E-state index is 12.8. The van der Waals surface area contributed by atoms with Gasteiger partial charge in [-0.05, 0) is 36.6 Å². The largest absolute Gasteiger partial charge is 0.450 e. The zero-order valence-corrected chi connectivity index (χ0v) is 15.6. The standard InChI is InChI=1S/C19H23N3O3S/c1-2-25-19(24)20-16-6-3-5-15(13-16)18(23)22-10-8-21(9-11-22)14-17-7-4-12-26-17/h3-7,12-13H,2,8-11,14H2,1H3,(H,20,24). The van der Waals surface area contributed by atoms with E-state index in [0.717, 1.165) is 19.6 Å². The predicted octanol–water partition coefficient (Wildman–Crippen LogP) is 3.27. The molecule has 1 aliphatic rings. The van der Waals surface area contributed by atoms with Gasteiger partial charge in [-0.15, -0.1) is 11.3 Å². The van der Waals surface area contributed by atoms with Gasteiger partial charge in [0.05, 0.1) is 6.61 Å². The Kier molecular flexibility index (Phi) is 6.25. The van der Waals surface area contributed by atoms with E-state index in [4.69, 9.17) is 4.74 Å². The minimum atomic E-state index is -0.515. The highest BCUT2D eigenvalue weighted by Gasteiger charge is 2.22. The molecule has 6 nitrogen and oxygen atoms in total. The third-order valence-corrected chi connectivity index (χ3v) is 5.11. The van der Waals surface area contributed by atoms with E-state index < -0.39 is 6.09 Å². The Bertz CT molecular complexity index is 740. The lowest BCUT2D eigenvalue weighted by Gasteiger charge is -2.34. The van der Waals surface area contributed by atoms with Gasteiger partial charge in [-0.3, -0.25) is 15.0 Å². The molecule has 1 N–H and O–H groups in total. The second-order valence-corrected chi connectivity index (χ2v) is 7.11. The number of nitrogens with zero attached hydrogens (tertiary/aromatic N) is 2. The van der Waals surface area contributed by atoms with Gasteiger partial charge < -0.3 is 9.64 Å². The number of anilines is 1. The minimum absolute atomic E-state index is 0.00622. The third-order valence-electron chi connectivity index (χ3n) is 4.25. The molecule has 2 amide bonds. The van der Waals surface area contributed by atoms with E-state index >= 15 is 0 Å². The van der Waals surface area contributed by atoms with Crippen molar-refractivity contribution in [3.05, 3.63) is 52.2 Å². The SMILES string of the molecule is CCOC(=O)Nc1cccc(C(=O)N2CCN(Cc3cccs3)CC2)c1. The van der Waals surface area contributed by atoms with Crippen LogP contribution in [-0.4, -0.2) is 54.6 Å². The maximum atomic E-state index is 12.8. The van der Waals surface area contributed by atoms with Crippen LogP contribution in [0.15, 0.2) is 41.8 Å². The topological polar surface area (TPSA) is 61.9 Å². The molecule has 0 bridgehead atoms. The quantitative estimate of drug-likeness (QED) is 0.874. The molecule has 0 spiro atoms. The Balaban J connectivity index is 1.55. The molecule has 2 aromatic rings. The van der Waals surface area contributed by atoms with Crippen molar-refractivity contribution in [2.45, 2.75) is 13.5 Å². The van der Waals surface area contributed by atoms with Crippen molar-refractivity contribution in [3.63, 3.8) is 0 Å². The van der Waals surface area contributed by atoms with Crippen LogP contribution in [0.4, 0.5) is 10.5 Å². The number of piperazine rings is 1. The summed E-state index contributed by atoms with van der Waals surface area (Å²) in [7, 11) is 0. The molecule has 0 saturated carbocycles. The van der Waals surface area contributed by atoms with E-state index in [0.29, 0.717) is 30.9 Å². The highest BCUT2D eigenvalue weighted by atomic mass is 32.1. The first-order valence-electron chi connectivity index (χ1n) is 8.73. The molecular formula is C19H23N3O3S. The number of carbonyl (C=O) groups is 2. The minimum Gasteiger partial charge on any atom is -0.450 e. The molecule has 3 rings (SSSR count). The fraction of sp³-hybridized carbons (Fsp3) is 0.368. The van der Waals surface area contributed by atoms with Gasteiger partial charge in [0.15, 0.2) is 0 Å². The zero-order chi connectivity index (χ0) is 18.4. The number of amides is 2. The number of rotatable bonds is 5. The molecule has 0 aliphatic carbocycles. The summed E-state index contributed by atoms with van der Waals surface area (Å²) in [6, 6.07) is 11.2. The summed E-state index contributed by atoms with van der Waals surface area (Å²) in [6.45, 7) is 6.14. The Morgan fingerprint density at radius 3 is 2.65 bits per heavy atom. The fourth-order valence-corrected chi connectivity index (χ4v) is 3.68. The van der Waals surface area contributed by atoms with Crippen LogP contribution in [0.3, 0.4) is 0 Å². The number of thiophene rings is 1. The lowest BCUT2D eigenvalue weighted by molar-refractivity contribution is 0.0629. The summed E-state index contributed by atoms with van der Waals surface area (Å²) in [5.41, 5.74) is 1.14. The van der Waals surface area contributed by atoms with Crippen molar-refractivity contribution < 1.29 is 14.3 Å². The summed E-state index contributed by atoms with van der Waals surface area (Å²) in [4.78, 5) is 29.9. The molecule has 1 aromatic heterocycles. The Morgan fingerprint density at radius 2 is 1.96 bits per heavy atom. The monoisotopic (exact) mass is 373 g/mol. The van der Waals surface area contributed by atoms with Crippen LogP contribution in [0.5, 0.6) is 0 Å². The number of hydrogen-bond donors (Lipinski definition) is 1. The molecule has 1 aromatic carbocycles. The third kappa shape index (κ3) is 4.83. The van der Waals surface area contributed by atoms with Gasteiger partial charge in [-0.2, -0.15) is 0 Å². The number of nitrogens with one attached hydrogen (secondary N) is 1. The van der Waals surface area contributed by atoms with Crippen molar-refractivity contribution in [1.29, 1.82) is 0 Å². The van der Waals surface area contributed by atoms with Crippen LogP contribution in [-0.2, 0) is 11.3 Å². The Labute approximate surface area is 157 Å². The lowest BCUT2D eigenvalue weighted by Crippen LogP contribution is -2.48. The van der Waals surface area contributed by atoms with E-state index in [1.165, 1.54) is 4.88 Å². The number of carbonyl (C=O) groups excluding carboxylic acids is 2. The molecule has 1 fully saturated rings. The van der Waals surface area contributed by atoms with E-state index in [2.05, 4.69) is 27.7 Å². The van der Waals surface area contributed by atoms with Crippen molar-refractivity contribution in [2.75, 3.05) is 38.1 Å². The van der Waals surface area contributed by atoms with E-state index in [-0.39, 0.29) is 5.91 Å². The van der Waals surface area contributed by atoms with Crippen LogP contribution in [0.2, 0.25) is 0 Å². The van der Waals surface area contributed by atoms with E-state index in [9.17, 15) is 9.59 Å². The zero-order valence-electron chi connectivity index (χ0n) is 14.8. The first kappa shape index (κ1) is 18.4. The molecule has 138 valence electrons. The molecule has 0 radical (unpaired) electrons. The molecule has 1 saturated heterocycles. The summed E-state index contributed by atoms with van der Waals surface area (Å²) in [6.07, 6.45) is -0.515. The van der Waals surface area contributed by atoms with Gasteiger partial charge in [0.25, 0.3) is 5.91 Å². The average Bonchev–Trinajstić information content (AvgIpc) is 3.15. The highest BCUT2D eigenvalue weighted by Crippen LogP contribution is 2.17. The van der Waals surface area contributed by atoms with Crippen molar-refractivity contribution >= 4 is 29.0 Å². The Hall–Kier alpha value is -2.38. The summed E-state index contributed by atoms with van der Waals surface area (Å²) >= 11 is 1.76. The lowest BCUT2D eigenvalue weighted by atomic mass is 10.1. The normalized spacial score (nSPS) is 14.9. The molecule has 0 unspecified atom stereocenters. The van der Waals surface area contributed by atoms with Crippen molar-refractivity contribution in [1.82, 2.24) is 9.80 Å². The molecule has 7 heteroatoms. The highest BCUT2D eigenvalue weighted by molar-refractivity contribution is 7.09. The molecule has 0 atom stereocenters. The summed E-state index contributed by atoms with van der Waals surface area (Å²) in [5.74, 6) is -0.00622. The van der Waals surface area contributed by atoms with Gasteiger partial charge >= 0.3 is 6.09 Å². The molecule has 2 heterocycles. The van der Waals surface area contributed by atoms with Crippen LogP contribution in [0.25, 0.3) is 0 Å². The van der Waals surface area contributed by atoms with Crippen LogP contribution >= 0.6 is 11.3 Å². The second kappa shape index (κ2) is 8.82. The Morgan fingerprint density at radius 1 is 1.15 bits per heavy atom. The van der Waals surface area contributed by atoms with Gasteiger partial charge in [0.2, 0.25) is 0 Å². The van der Waals surface area contributed by atoms with E-state index in [1.807, 2.05) is 4.90 Å². The van der Waals surface area contributed by atoms with Crippen LogP contribution in [0.1, 0.15) is 22.2 Å². The van der Waals surface area contributed by atoms with Gasteiger partial charge in [-0.25, -0.2) is 4.79 Å². The number of hydrogen-bond acceptors (Lipinski definition) is 5. The van der Waals surface area contributed by atoms with Crippen molar-refractivity contribution in [2.24, 2.45) is 0 Å². The van der Waals surface area contributed by atoms with Gasteiger partial charge in [0.1, 0.15) is 0 Å². The summed E-state index contributed by atoms with van der Waals surface area (Å²) in [5, 5.41) is 4.72. The first-order valence-corrected chi connectivity index (χ1v) is 9.61. The van der Waals surface area contributed by atoms with Gasteiger partial charge in [0, 0.05) is 48.9 Å². The second-order valence-electron chi connectivity index (χ2n) is 6.07. The molecular weight excluding hydrogens is 350 g/mol. The first-order chi connectivity index (χ1) is 12.7. The van der Waals surface area contributed by atoms with E-state index in [1.54, 1.807) is 42.5 Å². The maximum Gasteiger partial charge on any atom is 0.411 e. The van der Waals surface area contributed by atoms with Gasteiger partial charge in [-0.1, -0.05) is 12.1 Å². The predicted molar refractivity (Wildman–Crippen MR) is 103 cm³/mol.